The zero-order chi connectivity index (χ0) is 17.0. The predicted molar refractivity (Wildman–Crippen MR) is 92.1 cm³/mol. The van der Waals surface area contributed by atoms with Crippen molar-refractivity contribution in [1.82, 2.24) is 5.32 Å². The van der Waals surface area contributed by atoms with Crippen molar-refractivity contribution in [3.05, 3.63) is 12.2 Å². The first-order valence-electron chi connectivity index (χ1n) is 9.25. The van der Waals surface area contributed by atoms with E-state index in [1.807, 2.05) is 6.92 Å². The van der Waals surface area contributed by atoms with Gasteiger partial charge >= 0.3 is 0 Å². The van der Waals surface area contributed by atoms with Gasteiger partial charge in [0.25, 0.3) is 5.91 Å². The van der Waals surface area contributed by atoms with Crippen LogP contribution in [0, 0.1) is 11.8 Å². The molecular weight excluding hydrogens is 290 g/mol. The van der Waals surface area contributed by atoms with E-state index in [2.05, 4.69) is 25.7 Å². The Morgan fingerprint density at radius 2 is 2.09 bits per heavy atom. The van der Waals surface area contributed by atoms with Crippen molar-refractivity contribution in [1.29, 1.82) is 0 Å². The third-order valence-electron chi connectivity index (χ3n) is 5.46. The third-order valence-corrected chi connectivity index (χ3v) is 5.46. The summed E-state index contributed by atoms with van der Waals surface area (Å²) in [6.07, 6.45) is 5.90. The molecule has 2 rings (SSSR count). The molecule has 132 valence electrons. The fourth-order valence-corrected chi connectivity index (χ4v) is 3.38. The summed E-state index contributed by atoms with van der Waals surface area (Å²) >= 11 is 0. The van der Waals surface area contributed by atoms with Crippen LogP contribution in [0.5, 0.6) is 0 Å². The summed E-state index contributed by atoms with van der Waals surface area (Å²) in [6.45, 7) is 10.3. The van der Waals surface area contributed by atoms with E-state index in [0.29, 0.717) is 12.3 Å². The number of amides is 1. The fraction of sp³-hybridized carbons (Fsp3) is 0.842. The lowest BCUT2D eigenvalue weighted by molar-refractivity contribution is -0.147. The van der Waals surface area contributed by atoms with Gasteiger partial charge in [0, 0.05) is 12.0 Å². The molecule has 5 atom stereocenters. The molecular formula is C19H33NO3. The molecule has 1 saturated carbocycles. The fourth-order valence-electron chi connectivity index (χ4n) is 3.38. The van der Waals surface area contributed by atoms with Crippen molar-refractivity contribution in [2.45, 2.75) is 90.1 Å². The van der Waals surface area contributed by atoms with E-state index >= 15 is 0 Å². The van der Waals surface area contributed by atoms with Crippen LogP contribution in [0.2, 0.25) is 0 Å². The number of aliphatic hydroxyl groups excluding tert-OH is 1. The molecule has 1 aliphatic heterocycles. The van der Waals surface area contributed by atoms with Gasteiger partial charge in [-0.05, 0) is 38.5 Å². The van der Waals surface area contributed by atoms with Gasteiger partial charge in [0.15, 0.2) is 6.10 Å². The zero-order valence-electron chi connectivity index (χ0n) is 14.9. The van der Waals surface area contributed by atoms with E-state index < -0.39 is 12.2 Å². The van der Waals surface area contributed by atoms with Crippen molar-refractivity contribution in [3.63, 3.8) is 0 Å². The smallest absolute Gasteiger partial charge is 0.251 e. The summed E-state index contributed by atoms with van der Waals surface area (Å²) in [7, 11) is 0. The summed E-state index contributed by atoms with van der Waals surface area (Å²) < 4.78 is 5.84. The first-order chi connectivity index (χ1) is 10.9. The van der Waals surface area contributed by atoms with Gasteiger partial charge in [-0.25, -0.2) is 0 Å². The molecule has 0 spiro atoms. The van der Waals surface area contributed by atoms with Gasteiger partial charge in [-0.1, -0.05) is 45.3 Å². The lowest BCUT2D eigenvalue weighted by atomic mass is 9.88. The average molecular weight is 323 g/mol. The van der Waals surface area contributed by atoms with Crippen LogP contribution in [-0.4, -0.2) is 35.4 Å². The van der Waals surface area contributed by atoms with E-state index in [0.717, 1.165) is 18.4 Å². The highest BCUT2D eigenvalue weighted by Gasteiger charge is 2.38. The Labute approximate surface area is 140 Å². The second-order valence-corrected chi connectivity index (χ2v) is 7.42. The second-order valence-electron chi connectivity index (χ2n) is 7.42. The molecule has 1 aliphatic carbocycles. The minimum Gasteiger partial charge on any atom is -0.381 e. The monoisotopic (exact) mass is 323 g/mol. The Morgan fingerprint density at radius 1 is 1.39 bits per heavy atom. The summed E-state index contributed by atoms with van der Waals surface area (Å²) in [5.74, 6) is 0.594. The van der Waals surface area contributed by atoms with Crippen LogP contribution in [-0.2, 0) is 9.53 Å². The van der Waals surface area contributed by atoms with Crippen molar-refractivity contribution in [2.24, 2.45) is 11.8 Å². The van der Waals surface area contributed by atoms with Crippen molar-refractivity contribution in [3.8, 4) is 0 Å². The number of carbonyl (C=O) groups is 1. The number of ether oxygens (including phenoxy) is 1. The Bertz CT molecular complexity index is 419. The van der Waals surface area contributed by atoms with Crippen LogP contribution in [0.4, 0.5) is 0 Å². The topological polar surface area (TPSA) is 58.6 Å². The van der Waals surface area contributed by atoms with Gasteiger partial charge in [0.1, 0.15) is 0 Å². The summed E-state index contributed by atoms with van der Waals surface area (Å²) in [6, 6.07) is 0.215. The predicted octanol–water partition coefficient (Wildman–Crippen LogP) is 3.19. The van der Waals surface area contributed by atoms with Crippen molar-refractivity contribution in [2.75, 3.05) is 0 Å². The molecule has 0 aromatic carbocycles. The first-order valence-corrected chi connectivity index (χ1v) is 9.25. The van der Waals surface area contributed by atoms with E-state index in [1.165, 1.54) is 25.7 Å². The first kappa shape index (κ1) is 18.5. The molecule has 2 aliphatic rings. The van der Waals surface area contributed by atoms with Gasteiger partial charge in [0.05, 0.1) is 12.2 Å². The van der Waals surface area contributed by atoms with Gasteiger partial charge < -0.3 is 15.2 Å². The number of rotatable bonds is 8. The molecule has 0 aromatic rings. The third kappa shape index (κ3) is 5.05. The molecule has 2 N–H and O–H groups in total. The van der Waals surface area contributed by atoms with Gasteiger partial charge in [0.2, 0.25) is 0 Å². The molecule has 4 heteroatoms. The zero-order valence-corrected chi connectivity index (χ0v) is 14.9. The number of nitrogens with one attached hydrogen (secondary N) is 1. The van der Waals surface area contributed by atoms with Gasteiger partial charge in [-0.3, -0.25) is 4.79 Å². The Morgan fingerprint density at radius 3 is 2.65 bits per heavy atom. The lowest BCUT2D eigenvalue weighted by Gasteiger charge is -2.36. The quantitative estimate of drug-likeness (QED) is 0.533. The van der Waals surface area contributed by atoms with E-state index in [1.54, 1.807) is 0 Å². The molecule has 1 amide bonds. The molecule has 1 heterocycles. The number of carbonyl (C=O) groups excluding carboxylic acids is 1. The lowest BCUT2D eigenvalue weighted by Crippen LogP contribution is -2.50. The summed E-state index contributed by atoms with van der Waals surface area (Å²) in [4.78, 5) is 12.4. The van der Waals surface area contributed by atoms with Crippen molar-refractivity contribution < 1.29 is 14.6 Å². The average Bonchev–Trinajstić information content (AvgIpc) is 3.35. The van der Waals surface area contributed by atoms with Crippen LogP contribution in [0.25, 0.3) is 0 Å². The molecule has 0 aromatic heterocycles. The van der Waals surface area contributed by atoms with Crippen LogP contribution < -0.4 is 5.32 Å². The molecule has 2 fully saturated rings. The maximum atomic E-state index is 12.4. The number of unbranched alkanes of at least 4 members (excludes halogenated alkanes) is 2. The highest BCUT2D eigenvalue weighted by Crippen LogP contribution is 2.35. The van der Waals surface area contributed by atoms with Crippen LogP contribution >= 0.6 is 0 Å². The maximum Gasteiger partial charge on any atom is 0.251 e. The van der Waals surface area contributed by atoms with E-state index in [-0.39, 0.29) is 24.0 Å². The summed E-state index contributed by atoms with van der Waals surface area (Å²) in [5.41, 5.74) is 1.06. The molecule has 5 unspecified atom stereocenters. The van der Waals surface area contributed by atoms with Crippen molar-refractivity contribution >= 4 is 5.91 Å². The molecule has 1 saturated heterocycles. The number of hydrogen-bond donors (Lipinski definition) is 2. The summed E-state index contributed by atoms with van der Waals surface area (Å²) in [5, 5.41) is 13.5. The highest BCUT2D eigenvalue weighted by atomic mass is 16.5. The van der Waals surface area contributed by atoms with E-state index in [9.17, 15) is 9.90 Å². The molecule has 4 nitrogen and oxygen atoms in total. The number of aliphatic hydroxyl groups is 1. The van der Waals surface area contributed by atoms with Crippen LogP contribution in [0.3, 0.4) is 0 Å². The van der Waals surface area contributed by atoms with Gasteiger partial charge in [-0.15, -0.1) is 0 Å². The normalized spacial score (nSPS) is 30.8. The van der Waals surface area contributed by atoms with Crippen LogP contribution in [0.1, 0.15) is 65.7 Å². The second kappa shape index (κ2) is 8.29. The Hall–Kier alpha value is -0.870. The van der Waals surface area contributed by atoms with Crippen LogP contribution in [0.15, 0.2) is 12.2 Å². The van der Waals surface area contributed by atoms with Gasteiger partial charge in [-0.2, -0.15) is 0 Å². The minimum absolute atomic E-state index is 0.00696. The van der Waals surface area contributed by atoms with E-state index in [4.69, 9.17) is 4.74 Å². The molecule has 0 bridgehead atoms. The SMILES string of the molecule is C=C1CC(C(O)C(=O)NC(CCCCC)C2CC2)OC(C)C1C. The largest absolute Gasteiger partial charge is 0.381 e. The number of hydrogen-bond acceptors (Lipinski definition) is 3. The highest BCUT2D eigenvalue weighted by molar-refractivity contribution is 5.81. The molecule has 0 radical (unpaired) electrons. The Balaban J connectivity index is 1.86. The maximum absolute atomic E-state index is 12.4. The Kier molecular flexibility index (Phi) is 6.66. The molecule has 23 heavy (non-hydrogen) atoms. The minimum atomic E-state index is -1.10. The standard InChI is InChI=1S/C19H33NO3/c1-5-6-7-8-16(15-9-10-15)20-19(22)18(21)17-11-12(2)13(3)14(4)23-17/h13-18,21H,2,5-11H2,1,3-4H3,(H,20,22).